The Morgan fingerprint density at radius 1 is 0.576 bits per heavy atom. The fourth-order valence-corrected chi connectivity index (χ4v) is 5.37. The van der Waals surface area contributed by atoms with E-state index in [-0.39, 0.29) is 0 Å². The summed E-state index contributed by atoms with van der Waals surface area (Å²) in [6.07, 6.45) is 10.4. The topological polar surface area (TPSA) is 7.76 Å². The lowest BCUT2D eigenvalue weighted by atomic mass is 9.92. The Balaban J connectivity index is 1.51. The molecule has 0 aliphatic rings. The quantitative estimate of drug-likeness (QED) is 0.209. The summed E-state index contributed by atoms with van der Waals surface area (Å²) in [6, 6.07) is 18.1. The molecule has 0 saturated heterocycles. The molecule has 2 heterocycles. The number of fused-ring (bicyclic) bond motifs is 2. The minimum atomic E-state index is 0.538. The zero-order valence-electron chi connectivity index (χ0n) is 21.4. The van der Waals surface area contributed by atoms with Gasteiger partial charge in [0, 0.05) is 25.0 Å². The van der Waals surface area contributed by atoms with E-state index in [4.69, 9.17) is 0 Å². The smallest absolute Gasteiger partial charge is 0.189 e. The molecule has 0 saturated carbocycles. The van der Waals surface area contributed by atoms with Gasteiger partial charge < -0.3 is 0 Å². The predicted molar refractivity (Wildman–Crippen MR) is 140 cm³/mol. The lowest BCUT2D eigenvalue weighted by Crippen LogP contribution is -2.34. The standard InChI is InChI=1S/C31H40N2/c1-22(2)26-14-10-12-24-18-20-32(5)28(30(24)26)16-8-7-9-17-29-31-25(19-21-33(29)6)13-11-15-27(31)23(3)4/h10-15,18-23H,7-9,16-17H2,1-6H3/q+2. The van der Waals surface area contributed by atoms with E-state index in [1.807, 2.05) is 0 Å². The van der Waals surface area contributed by atoms with E-state index in [1.165, 1.54) is 63.3 Å². The van der Waals surface area contributed by atoms with Gasteiger partial charge in [-0.15, -0.1) is 0 Å². The molecule has 0 amide bonds. The molecule has 0 aliphatic carbocycles. The zero-order chi connectivity index (χ0) is 23.5. The maximum atomic E-state index is 2.34. The van der Waals surface area contributed by atoms with Gasteiger partial charge in [-0.3, -0.25) is 0 Å². The Labute approximate surface area is 199 Å². The van der Waals surface area contributed by atoms with Crippen molar-refractivity contribution in [1.29, 1.82) is 0 Å². The van der Waals surface area contributed by atoms with Crippen molar-refractivity contribution in [3.8, 4) is 0 Å². The minimum Gasteiger partial charge on any atom is -0.205 e. The van der Waals surface area contributed by atoms with E-state index >= 15 is 0 Å². The van der Waals surface area contributed by atoms with E-state index in [2.05, 4.69) is 112 Å². The highest BCUT2D eigenvalue weighted by Gasteiger charge is 2.19. The van der Waals surface area contributed by atoms with E-state index in [0.717, 1.165) is 12.8 Å². The molecule has 0 N–H and O–H groups in total. The second-order valence-corrected chi connectivity index (χ2v) is 10.2. The first-order valence-corrected chi connectivity index (χ1v) is 12.7. The maximum absolute atomic E-state index is 2.34. The molecule has 33 heavy (non-hydrogen) atoms. The number of aromatic nitrogens is 2. The fourth-order valence-electron chi connectivity index (χ4n) is 5.37. The summed E-state index contributed by atoms with van der Waals surface area (Å²) in [5.74, 6) is 1.08. The van der Waals surface area contributed by atoms with Crippen molar-refractivity contribution in [3.05, 3.63) is 83.4 Å². The minimum absolute atomic E-state index is 0.538. The van der Waals surface area contributed by atoms with Crippen molar-refractivity contribution < 1.29 is 9.13 Å². The Kier molecular flexibility index (Phi) is 7.12. The second kappa shape index (κ2) is 10.0. The molecular weight excluding hydrogens is 400 g/mol. The molecule has 0 atom stereocenters. The van der Waals surface area contributed by atoms with Crippen molar-refractivity contribution in [2.24, 2.45) is 14.1 Å². The Hall–Kier alpha value is -2.74. The summed E-state index contributed by atoms with van der Waals surface area (Å²) >= 11 is 0. The van der Waals surface area contributed by atoms with Gasteiger partial charge in [-0.25, -0.2) is 9.13 Å². The predicted octanol–water partition coefficient (Wildman–Crippen LogP) is 6.84. The SMILES string of the molecule is CC(C)c1cccc2cc[n+](C)c(CCCCCc3c4c(C(C)C)cccc4cc[n+]3C)c12. The summed E-state index contributed by atoms with van der Waals surface area (Å²) in [5.41, 5.74) is 5.91. The van der Waals surface area contributed by atoms with Crippen LogP contribution in [0.1, 0.15) is 81.3 Å². The summed E-state index contributed by atoms with van der Waals surface area (Å²) in [5, 5.41) is 5.69. The molecule has 2 heteroatoms. The van der Waals surface area contributed by atoms with Crippen molar-refractivity contribution in [3.63, 3.8) is 0 Å². The van der Waals surface area contributed by atoms with Gasteiger partial charge in [-0.05, 0) is 46.6 Å². The van der Waals surface area contributed by atoms with Crippen LogP contribution in [-0.4, -0.2) is 0 Å². The molecule has 0 unspecified atom stereocenters. The molecule has 0 spiro atoms. The van der Waals surface area contributed by atoms with Crippen LogP contribution in [0.4, 0.5) is 0 Å². The number of rotatable bonds is 8. The molecule has 4 aromatic rings. The van der Waals surface area contributed by atoms with E-state index in [0.29, 0.717) is 11.8 Å². The number of aryl methyl sites for hydroxylation is 4. The molecule has 2 aromatic carbocycles. The van der Waals surface area contributed by atoms with Crippen LogP contribution >= 0.6 is 0 Å². The highest BCUT2D eigenvalue weighted by molar-refractivity contribution is 5.88. The van der Waals surface area contributed by atoms with Crippen molar-refractivity contribution >= 4 is 21.5 Å². The van der Waals surface area contributed by atoms with Crippen molar-refractivity contribution in [2.75, 3.05) is 0 Å². The van der Waals surface area contributed by atoms with Crippen molar-refractivity contribution in [1.82, 2.24) is 0 Å². The van der Waals surface area contributed by atoms with Gasteiger partial charge in [0.25, 0.3) is 0 Å². The van der Waals surface area contributed by atoms with Crippen LogP contribution in [0.25, 0.3) is 21.5 Å². The normalized spacial score (nSPS) is 11.9. The molecule has 2 nitrogen and oxygen atoms in total. The average Bonchev–Trinajstić information content (AvgIpc) is 2.80. The molecule has 4 rings (SSSR count). The second-order valence-electron chi connectivity index (χ2n) is 10.2. The highest BCUT2D eigenvalue weighted by Crippen LogP contribution is 2.29. The Bertz CT molecular complexity index is 1170. The van der Waals surface area contributed by atoms with Crippen LogP contribution in [0.3, 0.4) is 0 Å². The third kappa shape index (κ3) is 4.81. The van der Waals surface area contributed by atoms with Gasteiger partial charge in [-0.1, -0.05) is 70.5 Å². The highest BCUT2D eigenvalue weighted by atomic mass is 14.9. The van der Waals surface area contributed by atoms with Crippen molar-refractivity contribution in [2.45, 2.75) is 71.6 Å². The molecule has 2 aromatic heterocycles. The summed E-state index contributed by atoms with van der Waals surface area (Å²) < 4.78 is 4.68. The fraction of sp³-hybridized carbons (Fsp3) is 0.419. The van der Waals surface area contributed by atoms with Gasteiger partial charge in [-0.2, -0.15) is 0 Å². The number of pyridine rings is 2. The number of hydrogen-bond donors (Lipinski definition) is 0. The number of hydrogen-bond acceptors (Lipinski definition) is 0. The summed E-state index contributed by atoms with van der Waals surface area (Å²) in [6.45, 7) is 9.23. The third-order valence-corrected chi connectivity index (χ3v) is 7.21. The number of nitrogens with zero attached hydrogens (tertiary/aromatic N) is 2. The number of unbranched alkanes of at least 4 members (excludes halogenated alkanes) is 2. The van der Waals surface area contributed by atoms with Crippen LogP contribution < -0.4 is 9.13 Å². The van der Waals surface area contributed by atoms with Crippen LogP contribution in [0.5, 0.6) is 0 Å². The molecule has 0 aliphatic heterocycles. The molecule has 172 valence electrons. The molecule has 0 radical (unpaired) electrons. The largest absolute Gasteiger partial charge is 0.205 e. The molecular formula is C31H40N2+2. The summed E-state index contributed by atoms with van der Waals surface area (Å²) in [7, 11) is 4.41. The Morgan fingerprint density at radius 2 is 1.00 bits per heavy atom. The lowest BCUT2D eigenvalue weighted by molar-refractivity contribution is -0.677. The molecule has 0 fully saturated rings. The summed E-state index contributed by atoms with van der Waals surface area (Å²) in [4.78, 5) is 0. The van der Waals surface area contributed by atoms with Crippen LogP contribution in [0.15, 0.2) is 60.9 Å². The van der Waals surface area contributed by atoms with Gasteiger partial charge in [0.05, 0.1) is 10.8 Å². The van der Waals surface area contributed by atoms with Gasteiger partial charge in [0.1, 0.15) is 14.1 Å². The lowest BCUT2D eigenvalue weighted by Gasteiger charge is -2.13. The van der Waals surface area contributed by atoms with Gasteiger partial charge in [0.15, 0.2) is 23.8 Å². The first-order valence-electron chi connectivity index (χ1n) is 12.7. The van der Waals surface area contributed by atoms with E-state index in [1.54, 1.807) is 0 Å². The van der Waals surface area contributed by atoms with Gasteiger partial charge >= 0.3 is 0 Å². The monoisotopic (exact) mass is 440 g/mol. The maximum Gasteiger partial charge on any atom is 0.189 e. The number of benzene rings is 2. The van der Waals surface area contributed by atoms with Crippen LogP contribution in [0.2, 0.25) is 0 Å². The first-order chi connectivity index (χ1) is 15.9. The van der Waals surface area contributed by atoms with E-state index < -0.39 is 0 Å². The van der Waals surface area contributed by atoms with E-state index in [9.17, 15) is 0 Å². The van der Waals surface area contributed by atoms with Gasteiger partial charge in [0.2, 0.25) is 0 Å². The van der Waals surface area contributed by atoms with Crippen LogP contribution in [-0.2, 0) is 26.9 Å². The third-order valence-electron chi connectivity index (χ3n) is 7.21. The first kappa shape index (κ1) is 23.4. The van der Waals surface area contributed by atoms with Crippen LogP contribution in [0, 0.1) is 0 Å². The zero-order valence-corrected chi connectivity index (χ0v) is 21.4. The molecule has 0 bridgehead atoms. The Morgan fingerprint density at radius 3 is 1.39 bits per heavy atom. The average molecular weight is 441 g/mol.